The van der Waals surface area contributed by atoms with Crippen LogP contribution >= 0.6 is 8.25 Å². The molecule has 0 unspecified atom stereocenters. The maximum Gasteiger partial charge on any atom is 0.692 e. The summed E-state index contributed by atoms with van der Waals surface area (Å²) in [4.78, 5) is 33.7. The highest BCUT2D eigenvalue weighted by molar-refractivity contribution is 7.30. The molecule has 0 rings (SSSR count). The Balaban J connectivity index is 0. The first-order valence-corrected chi connectivity index (χ1v) is 4.02. The normalized spacial score (nSPS) is 8.15. The van der Waals surface area contributed by atoms with E-state index in [4.69, 9.17) is 24.6 Å². The SMILES string of the molecule is O=C(O)CNCC(=O)O.O=[P+](O)O. The Labute approximate surface area is 73.8 Å². The van der Waals surface area contributed by atoms with Crippen LogP contribution in [0.1, 0.15) is 0 Å². The van der Waals surface area contributed by atoms with Crippen molar-refractivity contribution in [1.82, 2.24) is 5.32 Å². The Morgan fingerprint density at radius 3 is 1.46 bits per heavy atom. The van der Waals surface area contributed by atoms with Crippen molar-refractivity contribution in [2.24, 2.45) is 0 Å². The van der Waals surface area contributed by atoms with Gasteiger partial charge >= 0.3 is 20.2 Å². The highest BCUT2D eigenvalue weighted by Crippen LogP contribution is 1.98. The fraction of sp³-hybridized carbons (Fsp3) is 0.500. The standard InChI is InChI=1S/C4H7NO4.HO3P/c6-3(7)1-5-2-4(8)9;1-4(2)3/h5H,1-2H2,(H,6,7)(H,8,9);(H-,1,2,3)/p+1. The molecule has 0 aliphatic rings. The van der Waals surface area contributed by atoms with Gasteiger partial charge in [0.1, 0.15) is 0 Å². The second-order valence-electron chi connectivity index (χ2n) is 1.64. The molecule has 5 N–H and O–H groups in total. The molecule has 0 aromatic carbocycles. The molecule has 0 amide bonds. The number of aliphatic carboxylic acids is 2. The van der Waals surface area contributed by atoms with Crippen LogP contribution in [0.15, 0.2) is 0 Å². The minimum absolute atomic E-state index is 0.313. The summed E-state index contributed by atoms with van der Waals surface area (Å²) in [7, 11) is -2.87. The van der Waals surface area contributed by atoms with Gasteiger partial charge in [0.15, 0.2) is 0 Å². The third kappa shape index (κ3) is 35.9. The molecule has 0 aromatic heterocycles. The lowest BCUT2D eigenvalue weighted by Gasteiger charge is -1.93. The van der Waals surface area contributed by atoms with Crippen molar-refractivity contribution < 1.29 is 34.2 Å². The fourth-order valence-corrected chi connectivity index (χ4v) is 0.276. The second-order valence-corrected chi connectivity index (χ2v) is 2.15. The zero-order valence-electron chi connectivity index (χ0n) is 6.38. The molecule has 0 saturated carbocycles. The summed E-state index contributed by atoms with van der Waals surface area (Å²) in [6.07, 6.45) is 0. The Kier molecular flexibility index (Phi) is 10.0. The lowest BCUT2D eigenvalue weighted by atomic mass is 10.6. The van der Waals surface area contributed by atoms with E-state index in [9.17, 15) is 9.59 Å². The van der Waals surface area contributed by atoms with E-state index in [1.807, 2.05) is 0 Å². The van der Waals surface area contributed by atoms with Crippen LogP contribution in [0.2, 0.25) is 0 Å². The van der Waals surface area contributed by atoms with Crippen molar-refractivity contribution in [3.05, 3.63) is 0 Å². The predicted octanol–water partition coefficient (Wildman–Crippen LogP) is -1.63. The van der Waals surface area contributed by atoms with E-state index in [2.05, 4.69) is 5.32 Å². The van der Waals surface area contributed by atoms with Crippen LogP contribution in [-0.4, -0.2) is 45.0 Å². The van der Waals surface area contributed by atoms with Crippen molar-refractivity contribution in [2.45, 2.75) is 0 Å². The predicted molar refractivity (Wildman–Crippen MR) is 40.2 cm³/mol. The summed E-state index contributed by atoms with van der Waals surface area (Å²) in [5.74, 6) is -2.12. The Bertz CT molecular complexity index is 175. The van der Waals surface area contributed by atoms with Crippen LogP contribution in [0, 0.1) is 0 Å². The molecule has 0 aromatic rings. The van der Waals surface area contributed by atoms with Crippen LogP contribution in [-0.2, 0) is 14.2 Å². The highest BCUT2D eigenvalue weighted by Gasteiger charge is 1.97. The Morgan fingerprint density at radius 1 is 1.08 bits per heavy atom. The van der Waals surface area contributed by atoms with Gasteiger partial charge in [0.25, 0.3) is 0 Å². The number of carboxylic acid groups (broad SMARTS) is 2. The first-order valence-electron chi connectivity index (χ1n) is 2.85. The maximum atomic E-state index is 9.73. The van der Waals surface area contributed by atoms with E-state index in [1.165, 1.54) is 0 Å². The average molecular weight is 214 g/mol. The maximum absolute atomic E-state index is 9.73. The van der Waals surface area contributed by atoms with Gasteiger partial charge in [0.2, 0.25) is 0 Å². The van der Waals surface area contributed by atoms with E-state index >= 15 is 0 Å². The molecular formula is C4H9NO7P+. The minimum Gasteiger partial charge on any atom is -0.480 e. The summed E-state index contributed by atoms with van der Waals surface area (Å²) in [5, 5.41) is 18.1. The lowest BCUT2D eigenvalue weighted by Crippen LogP contribution is -2.27. The molecule has 0 fully saturated rings. The van der Waals surface area contributed by atoms with Gasteiger partial charge in [0, 0.05) is 4.57 Å². The topological polar surface area (TPSA) is 144 Å². The fourth-order valence-electron chi connectivity index (χ4n) is 0.276. The number of hydrogen-bond acceptors (Lipinski definition) is 4. The van der Waals surface area contributed by atoms with Crippen LogP contribution < -0.4 is 5.32 Å². The van der Waals surface area contributed by atoms with Gasteiger partial charge < -0.3 is 10.2 Å². The zero-order valence-corrected chi connectivity index (χ0v) is 7.27. The van der Waals surface area contributed by atoms with Gasteiger partial charge in [-0.2, -0.15) is 0 Å². The van der Waals surface area contributed by atoms with Gasteiger partial charge in [0.05, 0.1) is 13.1 Å². The third-order valence-electron chi connectivity index (χ3n) is 0.552. The van der Waals surface area contributed by atoms with Gasteiger partial charge in [-0.25, -0.2) is 0 Å². The molecule has 8 nitrogen and oxygen atoms in total. The lowest BCUT2D eigenvalue weighted by molar-refractivity contribution is -0.137. The van der Waals surface area contributed by atoms with E-state index in [0.29, 0.717) is 0 Å². The van der Waals surface area contributed by atoms with Gasteiger partial charge in [-0.3, -0.25) is 14.9 Å². The highest BCUT2D eigenvalue weighted by atomic mass is 31.1. The molecule has 0 atom stereocenters. The summed E-state index contributed by atoms with van der Waals surface area (Å²) >= 11 is 0. The van der Waals surface area contributed by atoms with E-state index in [0.717, 1.165) is 0 Å². The summed E-state index contributed by atoms with van der Waals surface area (Å²) in [6.45, 7) is -0.626. The molecule has 13 heavy (non-hydrogen) atoms. The zero-order chi connectivity index (χ0) is 10.9. The summed E-state index contributed by atoms with van der Waals surface area (Å²) in [5.41, 5.74) is 0. The molecule has 0 spiro atoms. The average Bonchev–Trinajstić information content (AvgIpc) is 1.83. The van der Waals surface area contributed by atoms with Gasteiger partial charge in [-0.15, -0.1) is 9.79 Å². The smallest absolute Gasteiger partial charge is 0.480 e. The summed E-state index contributed by atoms with van der Waals surface area (Å²) < 4.78 is 8.70. The van der Waals surface area contributed by atoms with E-state index in [-0.39, 0.29) is 13.1 Å². The molecule has 0 bridgehead atoms. The molecule has 0 aliphatic carbocycles. The minimum atomic E-state index is -2.87. The van der Waals surface area contributed by atoms with E-state index < -0.39 is 20.2 Å². The van der Waals surface area contributed by atoms with Crippen molar-refractivity contribution in [3.8, 4) is 0 Å². The largest absolute Gasteiger partial charge is 0.692 e. The van der Waals surface area contributed by atoms with Crippen LogP contribution in [0.3, 0.4) is 0 Å². The Morgan fingerprint density at radius 2 is 1.31 bits per heavy atom. The quantitative estimate of drug-likeness (QED) is 0.351. The molecule has 76 valence electrons. The Hall–Kier alpha value is -1.08. The molecule has 9 heteroatoms. The van der Waals surface area contributed by atoms with Crippen molar-refractivity contribution in [2.75, 3.05) is 13.1 Å². The third-order valence-corrected chi connectivity index (χ3v) is 0.552. The van der Waals surface area contributed by atoms with Crippen molar-refractivity contribution >= 4 is 20.2 Å². The summed E-state index contributed by atoms with van der Waals surface area (Å²) in [6, 6.07) is 0. The first-order chi connectivity index (χ1) is 5.86. The van der Waals surface area contributed by atoms with Crippen molar-refractivity contribution in [3.63, 3.8) is 0 Å². The number of hydrogen-bond donors (Lipinski definition) is 5. The van der Waals surface area contributed by atoms with Crippen LogP contribution in [0.5, 0.6) is 0 Å². The number of carboxylic acids is 2. The number of nitrogens with one attached hydrogen (secondary N) is 1. The number of rotatable bonds is 4. The molecule has 0 radical (unpaired) electrons. The van der Waals surface area contributed by atoms with Crippen molar-refractivity contribution in [1.29, 1.82) is 0 Å². The van der Waals surface area contributed by atoms with E-state index in [1.54, 1.807) is 0 Å². The van der Waals surface area contributed by atoms with Gasteiger partial charge in [-0.05, 0) is 0 Å². The molecule has 0 saturated heterocycles. The molecule has 0 heterocycles. The number of carbonyl (C=O) groups is 2. The molecule has 0 aliphatic heterocycles. The first kappa shape index (κ1) is 14.4. The van der Waals surface area contributed by atoms with Gasteiger partial charge in [-0.1, -0.05) is 0 Å². The second kappa shape index (κ2) is 9.01. The van der Waals surface area contributed by atoms with Crippen LogP contribution in [0.4, 0.5) is 0 Å². The monoisotopic (exact) mass is 214 g/mol. The van der Waals surface area contributed by atoms with Crippen LogP contribution in [0.25, 0.3) is 0 Å². The molecular weight excluding hydrogens is 205 g/mol.